The Labute approximate surface area is 97.8 Å². The van der Waals surface area contributed by atoms with E-state index in [-0.39, 0.29) is 0 Å². The summed E-state index contributed by atoms with van der Waals surface area (Å²) >= 11 is 0. The highest BCUT2D eigenvalue weighted by Crippen LogP contribution is 2.25. The van der Waals surface area contributed by atoms with Crippen molar-refractivity contribution in [1.82, 2.24) is 5.32 Å². The smallest absolute Gasteiger partial charge is 0.326 e. The first kappa shape index (κ1) is 13.4. The molecule has 1 amide bonds. The van der Waals surface area contributed by atoms with Crippen molar-refractivity contribution in [2.75, 3.05) is 6.61 Å². The lowest BCUT2D eigenvalue weighted by Crippen LogP contribution is -2.51. The maximum Gasteiger partial charge on any atom is 0.326 e. The Balaban J connectivity index is 2.63. The zero-order chi connectivity index (χ0) is 13.1. The number of carbonyl (C=O) groups excluding carboxylic acids is 1. The van der Waals surface area contributed by atoms with Gasteiger partial charge in [-0.1, -0.05) is 0 Å². The maximum atomic E-state index is 11.8. The molecule has 0 aromatic heterocycles. The number of ether oxygens (including phenoxy) is 1. The summed E-state index contributed by atoms with van der Waals surface area (Å²) in [5, 5.41) is 19.5. The molecule has 1 unspecified atom stereocenters. The van der Waals surface area contributed by atoms with Crippen molar-refractivity contribution in [3.05, 3.63) is 0 Å². The molecule has 0 saturated carbocycles. The summed E-state index contributed by atoms with van der Waals surface area (Å²) < 4.78 is 5.24. The molecule has 1 aliphatic heterocycles. The number of carboxylic acid groups (broad SMARTS) is 2. The minimum Gasteiger partial charge on any atom is -0.481 e. The molecular formula is C10H15NO6. The second-order valence-corrected chi connectivity index (χ2v) is 4.15. The minimum absolute atomic E-state index is 0.445. The van der Waals surface area contributed by atoms with Gasteiger partial charge in [0.15, 0.2) is 0 Å². The molecule has 96 valence electrons. The van der Waals surface area contributed by atoms with Gasteiger partial charge in [0.1, 0.15) is 11.6 Å². The van der Waals surface area contributed by atoms with Crippen LogP contribution in [0, 0.1) is 0 Å². The van der Waals surface area contributed by atoms with Gasteiger partial charge in [0.25, 0.3) is 5.91 Å². The van der Waals surface area contributed by atoms with Crippen molar-refractivity contribution in [2.24, 2.45) is 0 Å². The second-order valence-electron chi connectivity index (χ2n) is 4.15. The summed E-state index contributed by atoms with van der Waals surface area (Å²) in [6, 6.07) is -1.43. The molecule has 0 radical (unpaired) electrons. The largest absolute Gasteiger partial charge is 0.481 e. The van der Waals surface area contributed by atoms with E-state index < -0.39 is 35.9 Å². The fraction of sp³-hybridized carbons (Fsp3) is 0.700. The Morgan fingerprint density at radius 3 is 2.47 bits per heavy atom. The third-order valence-corrected chi connectivity index (χ3v) is 2.68. The Hall–Kier alpha value is -1.63. The quantitative estimate of drug-likeness (QED) is 0.607. The molecule has 1 saturated heterocycles. The molecule has 0 aromatic carbocycles. The lowest BCUT2D eigenvalue weighted by molar-refractivity contribution is -0.150. The number of nitrogens with one attached hydrogen (secondary N) is 1. The molecule has 7 heteroatoms. The first-order valence-corrected chi connectivity index (χ1v) is 5.25. The zero-order valence-electron chi connectivity index (χ0n) is 9.43. The van der Waals surface area contributed by atoms with Gasteiger partial charge in [-0.05, 0) is 19.8 Å². The SMILES string of the molecule is CC1(C(=O)N[C@@H](CC(=O)O)C(=O)O)CCCO1. The molecule has 0 spiro atoms. The van der Waals surface area contributed by atoms with Crippen LogP contribution >= 0.6 is 0 Å². The van der Waals surface area contributed by atoms with Gasteiger partial charge in [0.2, 0.25) is 0 Å². The van der Waals surface area contributed by atoms with Crippen molar-refractivity contribution in [3.63, 3.8) is 0 Å². The van der Waals surface area contributed by atoms with E-state index in [4.69, 9.17) is 14.9 Å². The Morgan fingerprint density at radius 1 is 1.41 bits per heavy atom. The van der Waals surface area contributed by atoms with Crippen LogP contribution in [0.4, 0.5) is 0 Å². The summed E-state index contributed by atoms with van der Waals surface area (Å²) in [6.45, 7) is 2.01. The number of carboxylic acids is 2. The predicted octanol–water partition coefficient (Wildman–Crippen LogP) is -0.400. The molecule has 7 nitrogen and oxygen atoms in total. The summed E-state index contributed by atoms with van der Waals surface area (Å²) in [5.74, 6) is -3.24. The van der Waals surface area contributed by atoms with E-state index in [2.05, 4.69) is 5.32 Å². The lowest BCUT2D eigenvalue weighted by atomic mass is 10.0. The van der Waals surface area contributed by atoms with Gasteiger partial charge in [0, 0.05) is 6.61 Å². The molecule has 17 heavy (non-hydrogen) atoms. The van der Waals surface area contributed by atoms with Crippen LogP contribution in [0.1, 0.15) is 26.2 Å². The highest BCUT2D eigenvalue weighted by Gasteiger charge is 2.39. The van der Waals surface area contributed by atoms with E-state index in [1.165, 1.54) is 0 Å². The van der Waals surface area contributed by atoms with Crippen LogP contribution in [-0.4, -0.2) is 46.3 Å². The van der Waals surface area contributed by atoms with Crippen molar-refractivity contribution in [1.29, 1.82) is 0 Å². The highest BCUT2D eigenvalue weighted by molar-refractivity contribution is 5.90. The van der Waals surface area contributed by atoms with Gasteiger partial charge in [-0.3, -0.25) is 9.59 Å². The minimum atomic E-state index is -1.43. The van der Waals surface area contributed by atoms with E-state index in [0.717, 1.165) is 6.42 Å². The van der Waals surface area contributed by atoms with E-state index >= 15 is 0 Å². The van der Waals surface area contributed by atoms with E-state index in [1.54, 1.807) is 6.92 Å². The Kier molecular flexibility index (Phi) is 4.06. The molecule has 1 heterocycles. The van der Waals surface area contributed by atoms with Gasteiger partial charge in [-0.2, -0.15) is 0 Å². The molecule has 1 rings (SSSR count). The first-order chi connectivity index (χ1) is 7.85. The van der Waals surface area contributed by atoms with E-state index in [0.29, 0.717) is 13.0 Å². The lowest BCUT2D eigenvalue weighted by Gasteiger charge is -2.24. The molecule has 3 N–H and O–H groups in total. The summed E-state index contributed by atoms with van der Waals surface area (Å²) in [5.41, 5.74) is -1.05. The van der Waals surface area contributed by atoms with Gasteiger partial charge in [-0.25, -0.2) is 4.79 Å². The van der Waals surface area contributed by atoms with Crippen LogP contribution in [-0.2, 0) is 19.1 Å². The number of amides is 1. The van der Waals surface area contributed by atoms with Crippen molar-refractivity contribution in [2.45, 2.75) is 37.8 Å². The number of rotatable bonds is 5. The zero-order valence-corrected chi connectivity index (χ0v) is 9.43. The highest BCUT2D eigenvalue weighted by atomic mass is 16.5. The molecule has 0 aromatic rings. The molecule has 0 aliphatic carbocycles. The molecule has 0 bridgehead atoms. The van der Waals surface area contributed by atoms with Crippen LogP contribution in [0.5, 0.6) is 0 Å². The predicted molar refractivity (Wildman–Crippen MR) is 55.4 cm³/mol. The molecule has 1 fully saturated rings. The van der Waals surface area contributed by atoms with E-state index in [9.17, 15) is 14.4 Å². The van der Waals surface area contributed by atoms with Crippen molar-refractivity contribution in [3.8, 4) is 0 Å². The van der Waals surface area contributed by atoms with Crippen molar-refractivity contribution >= 4 is 17.8 Å². The fourth-order valence-electron chi connectivity index (χ4n) is 1.64. The van der Waals surface area contributed by atoms with Gasteiger partial charge in [-0.15, -0.1) is 0 Å². The van der Waals surface area contributed by atoms with E-state index in [1.807, 2.05) is 0 Å². The first-order valence-electron chi connectivity index (χ1n) is 5.25. The molecule has 2 atom stereocenters. The number of aliphatic carboxylic acids is 2. The Morgan fingerprint density at radius 2 is 2.06 bits per heavy atom. The summed E-state index contributed by atoms with van der Waals surface area (Å²) in [6.07, 6.45) is 0.565. The third kappa shape index (κ3) is 3.42. The Bertz CT molecular complexity index is 334. The maximum absolute atomic E-state index is 11.8. The topological polar surface area (TPSA) is 113 Å². The van der Waals surface area contributed by atoms with Crippen LogP contribution < -0.4 is 5.32 Å². The van der Waals surface area contributed by atoms with Crippen LogP contribution in [0.15, 0.2) is 0 Å². The second kappa shape index (κ2) is 5.13. The third-order valence-electron chi connectivity index (χ3n) is 2.68. The monoisotopic (exact) mass is 245 g/mol. The van der Waals surface area contributed by atoms with Crippen LogP contribution in [0.3, 0.4) is 0 Å². The average Bonchev–Trinajstić information content (AvgIpc) is 2.64. The van der Waals surface area contributed by atoms with Gasteiger partial charge < -0.3 is 20.3 Å². The van der Waals surface area contributed by atoms with Crippen molar-refractivity contribution < 1.29 is 29.3 Å². The summed E-state index contributed by atoms with van der Waals surface area (Å²) in [4.78, 5) is 33.0. The average molecular weight is 245 g/mol. The van der Waals surface area contributed by atoms with Gasteiger partial charge in [0.05, 0.1) is 6.42 Å². The van der Waals surface area contributed by atoms with Gasteiger partial charge >= 0.3 is 11.9 Å². The number of hydrogen-bond acceptors (Lipinski definition) is 4. The molecule has 1 aliphatic rings. The van der Waals surface area contributed by atoms with Crippen LogP contribution in [0.2, 0.25) is 0 Å². The standard InChI is InChI=1S/C10H15NO6/c1-10(3-2-4-17-10)9(16)11-6(8(14)15)5-7(12)13/h6H,2-5H2,1H3,(H,11,16)(H,12,13)(H,14,15)/t6-,10?/m0/s1. The number of hydrogen-bond donors (Lipinski definition) is 3. The fourth-order valence-corrected chi connectivity index (χ4v) is 1.64. The van der Waals surface area contributed by atoms with Crippen LogP contribution in [0.25, 0.3) is 0 Å². The normalized spacial score (nSPS) is 25.2. The summed E-state index contributed by atoms with van der Waals surface area (Å²) in [7, 11) is 0. The number of carbonyl (C=O) groups is 3. The molecular weight excluding hydrogens is 230 g/mol.